The van der Waals surface area contributed by atoms with Gasteiger partial charge in [0.1, 0.15) is 18.3 Å². The number of likely N-dealkylation sites (tertiary alicyclic amines) is 1. The van der Waals surface area contributed by atoms with E-state index in [4.69, 9.17) is 18.9 Å². The van der Waals surface area contributed by atoms with Gasteiger partial charge in [0, 0.05) is 6.92 Å². The summed E-state index contributed by atoms with van der Waals surface area (Å²) in [7, 11) is 0. The third kappa shape index (κ3) is 8.37. The van der Waals surface area contributed by atoms with Crippen LogP contribution in [0.4, 0.5) is 0 Å². The largest absolute Gasteiger partial charge is 0.375 e. The van der Waals surface area contributed by atoms with Crippen LogP contribution in [0.15, 0.2) is 121 Å². The SMILES string of the molecule is CC(=O)N1C[C@@H](OCc2ccccc2)[C@@H](OCc2ccccc2)[C@H](OCc2ccccc2)[C@H]1COCc1ccccc1. The smallest absolute Gasteiger partial charge is 0.219 e. The molecule has 0 N–H and O–H groups in total. The van der Waals surface area contributed by atoms with E-state index >= 15 is 0 Å². The second-order valence-corrected chi connectivity index (χ2v) is 10.6. The minimum Gasteiger partial charge on any atom is -0.375 e. The van der Waals surface area contributed by atoms with E-state index in [1.54, 1.807) is 6.92 Å². The van der Waals surface area contributed by atoms with Crippen LogP contribution in [0.1, 0.15) is 29.2 Å². The molecule has 0 unspecified atom stereocenters. The second kappa shape index (κ2) is 15.4. The van der Waals surface area contributed by atoms with E-state index in [-0.39, 0.29) is 11.9 Å². The van der Waals surface area contributed by atoms with Crippen molar-refractivity contribution in [3.8, 4) is 0 Å². The zero-order valence-corrected chi connectivity index (χ0v) is 24.1. The van der Waals surface area contributed by atoms with Crippen LogP contribution in [-0.2, 0) is 50.2 Å². The Labute approximate surface area is 248 Å². The Hall–Kier alpha value is -3.81. The Morgan fingerprint density at radius 2 is 1.00 bits per heavy atom. The lowest BCUT2D eigenvalue weighted by atomic mass is 9.93. The van der Waals surface area contributed by atoms with E-state index in [9.17, 15) is 4.79 Å². The standard InChI is InChI=1S/C36H39NO5/c1-28(38)37-22-34(40-24-30-16-8-3-9-17-30)36(42-26-32-20-12-5-13-21-32)35(41-25-31-18-10-4-11-19-31)33(37)27-39-23-29-14-6-2-7-15-29/h2-21,33-36H,22-27H2,1H3/t33-,34-,35-,36-/m1/s1. The summed E-state index contributed by atoms with van der Waals surface area (Å²) < 4.78 is 26.1. The first-order chi connectivity index (χ1) is 20.7. The minimum atomic E-state index is -0.483. The van der Waals surface area contributed by atoms with Crippen molar-refractivity contribution in [2.45, 2.75) is 57.7 Å². The van der Waals surface area contributed by atoms with Gasteiger partial charge in [-0.15, -0.1) is 0 Å². The molecule has 0 radical (unpaired) electrons. The molecule has 4 atom stereocenters. The minimum absolute atomic E-state index is 0.0496. The summed E-state index contributed by atoms with van der Waals surface area (Å²) in [6, 6.07) is 39.9. The molecule has 4 aromatic carbocycles. The molecule has 6 nitrogen and oxygen atoms in total. The lowest BCUT2D eigenvalue weighted by Gasteiger charge is -2.48. The summed E-state index contributed by atoms with van der Waals surface area (Å²) in [5.41, 5.74) is 4.24. The van der Waals surface area contributed by atoms with Gasteiger partial charge in [-0.3, -0.25) is 4.79 Å². The highest BCUT2D eigenvalue weighted by molar-refractivity contribution is 5.74. The van der Waals surface area contributed by atoms with Gasteiger partial charge in [-0.2, -0.15) is 0 Å². The molecule has 1 aliphatic heterocycles. The van der Waals surface area contributed by atoms with Gasteiger partial charge < -0.3 is 23.8 Å². The number of ether oxygens (including phenoxy) is 4. The predicted molar refractivity (Wildman–Crippen MR) is 162 cm³/mol. The highest BCUT2D eigenvalue weighted by Crippen LogP contribution is 2.29. The van der Waals surface area contributed by atoms with E-state index in [1.807, 2.05) is 126 Å². The molecule has 1 amide bonds. The van der Waals surface area contributed by atoms with Gasteiger partial charge in [0.25, 0.3) is 0 Å². The quantitative estimate of drug-likeness (QED) is 0.194. The van der Waals surface area contributed by atoms with Crippen molar-refractivity contribution in [3.05, 3.63) is 144 Å². The lowest BCUT2D eigenvalue weighted by molar-refractivity contribution is -0.211. The van der Waals surface area contributed by atoms with Crippen LogP contribution in [0, 0.1) is 0 Å². The Balaban J connectivity index is 1.41. The average molecular weight is 566 g/mol. The molecule has 218 valence electrons. The maximum Gasteiger partial charge on any atom is 0.219 e. The third-order valence-electron chi connectivity index (χ3n) is 7.53. The van der Waals surface area contributed by atoms with Gasteiger partial charge in [0.15, 0.2) is 0 Å². The molecule has 1 heterocycles. The fourth-order valence-electron chi connectivity index (χ4n) is 5.33. The number of piperidine rings is 1. The summed E-state index contributed by atoms with van der Waals surface area (Å²) in [4.78, 5) is 14.9. The van der Waals surface area contributed by atoms with Crippen LogP contribution in [-0.4, -0.2) is 48.3 Å². The Bertz CT molecular complexity index is 1340. The van der Waals surface area contributed by atoms with Crippen molar-refractivity contribution in [1.29, 1.82) is 0 Å². The van der Waals surface area contributed by atoms with Crippen molar-refractivity contribution in [3.63, 3.8) is 0 Å². The number of nitrogens with zero attached hydrogens (tertiary/aromatic N) is 1. The van der Waals surface area contributed by atoms with Crippen molar-refractivity contribution < 1.29 is 23.7 Å². The molecular weight excluding hydrogens is 526 g/mol. The van der Waals surface area contributed by atoms with Crippen molar-refractivity contribution >= 4 is 5.91 Å². The molecule has 0 aliphatic carbocycles. The molecule has 4 aromatic rings. The molecule has 6 heteroatoms. The monoisotopic (exact) mass is 565 g/mol. The lowest BCUT2D eigenvalue weighted by Crippen LogP contribution is -2.65. The van der Waals surface area contributed by atoms with Crippen LogP contribution >= 0.6 is 0 Å². The molecule has 1 saturated heterocycles. The summed E-state index contributed by atoms with van der Waals surface area (Å²) >= 11 is 0. The van der Waals surface area contributed by atoms with Crippen LogP contribution < -0.4 is 0 Å². The van der Waals surface area contributed by atoms with Gasteiger partial charge in [-0.05, 0) is 22.3 Å². The molecule has 0 bridgehead atoms. The number of amides is 1. The van der Waals surface area contributed by atoms with Crippen molar-refractivity contribution in [2.24, 2.45) is 0 Å². The first-order valence-corrected chi connectivity index (χ1v) is 14.5. The van der Waals surface area contributed by atoms with E-state index in [0.717, 1.165) is 22.3 Å². The average Bonchev–Trinajstić information content (AvgIpc) is 3.04. The molecular formula is C36H39NO5. The van der Waals surface area contributed by atoms with Gasteiger partial charge in [-0.25, -0.2) is 0 Å². The highest BCUT2D eigenvalue weighted by Gasteiger charge is 2.47. The van der Waals surface area contributed by atoms with E-state index in [1.165, 1.54) is 0 Å². The zero-order valence-electron chi connectivity index (χ0n) is 24.1. The molecule has 0 spiro atoms. The van der Waals surface area contributed by atoms with Crippen LogP contribution in [0.25, 0.3) is 0 Å². The number of rotatable bonds is 13. The third-order valence-corrected chi connectivity index (χ3v) is 7.53. The normalized spacial score (nSPS) is 20.4. The molecule has 5 rings (SSSR count). The Morgan fingerprint density at radius 3 is 1.45 bits per heavy atom. The number of hydrogen-bond acceptors (Lipinski definition) is 5. The molecule has 1 aliphatic rings. The predicted octanol–water partition coefficient (Wildman–Crippen LogP) is 6.19. The summed E-state index contributed by atoms with van der Waals surface area (Å²) in [6.45, 7) is 3.91. The fourth-order valence-corrected chi connectivity index (χ4v) is 5.33. The maximum atomic E-state index is 13.1. The highest BCUT2D eigenvalue weighted by atomic mass is 16.6. The van der Waals surface area contributed by atoms with Crippen LogP contribution in [0.3, 0.4) is 0 Å². The summed E-state index contributed by atoms with van der Waals surface area (Å²) in [6.07, 6.45) is -1.31. The second-order valence-electron chi connectivity index (χ2n) is 10.6. The van der Waals surface area contributed by atoms with Gasteiger partial charge in [0.05, 0.1) is 45.6 Å². The first kappa shape index (κ1) is 29.7. The van der Waals surface area contributed by atoms with E-state index < -0.39 is 18.3 Å². The molecule has 1 fully saturated rings. The number of benzene rings is 4. The molecule has 0 saturated carbocycles. The summed E-state index contributed by atoms with van der Waals surface area (Å²) in [5, 5.41) is 0. The zero-order chi connectivity index (χ0) is 29.0. The maximum absolute atomic E-state index is 13.1. The number of carbonyl (C=O) groups is 1. The summed E-state index contributed by atoms with van der Waals surface area (Å²) in [5.74, 6) is -0.0496. The molecule has 42 heavy (non-hydrogen) atoms. The fraction of sp³-hybridized carbons (Fsp3) is 0.306. The van der Waals surface area contributed by atoms with Crippen LogP contribution in [0.5, 0.6) is 0 Å². The van der Waals surface area contributed by atoms with E-state index in [2.05, 4.69) is 0 Å². The Kier molecular flexibility index (Phi) is 10.9. The Morgan fingerprint density at radius 1 is 0.595 bits per heavy atom. The van der Waals surface area contributed by atoms with Gasteiger partial charge in [-0.1, -0.05) is 121 Å². The van der Waals surface area contributed by atoms with Gasteiger partial charge in [0.2, 0.25) is 5.91 Å². The number of carbonyl (C=O) groups excluding carboxylic acids is 1. The first-order valence-electron chi connectivity index (χ1n) is 14.5. The van der Waals surface area contributed by atoms with Gasteiger partial charge >= 0.3 is 0 Å². The van der Waals surface area contributed by atoms with Crippen molar-refractivity contribution in [2.75, 3.05) is 13.2 Å². The van der Waals surface area contributed by atoms with Crippen molar-refractivity contribution in [1.82, 2.24) is 4.90 Å². The number of hydrogen-bond donors (Lipinski definition) is 0. The van der Waals surface area contributed by atoms with E-state index in [0.29, 0.717) is 39.6 Å². The molecule has 0 aromatic heterocycles. The van der Waals surface area contributed by atoms with Crippen LogP contribution in [0.2, 0.25) is 0 Å². The topological polar surface area (TPSA) is 57.2 Å².